The quantitative estimate of drug-likeness (QED) is 0.455. The molecule has 0 aliphatic heterocycles. The van der Waals surface area contributed by atoms with E-state index in [0.717, 1.165) is 0 Å². The third-order valence-corrected chi connectivity index (χ3v) is 2.31. The molecule has 0 nitrogen and oxygen atoms in total. The van der Waals surface area contributed by atoms with Crippen LogP contribution >= 0.6 is 0 Å². The lowest BCUT2D eigenvalue weighted by molar-refractivity contribution is 0.729. The third-order valence-electron chi connectivity index (χ3n) is 2.31. The zero-order valence-electron chi connectivity index (χ0n) is 9.52. The van der Waals surface area contributed by atoms with Crippen LogP contribution < -0.4 is 0 Å². The number of hydrogen-bond acceptors (Lipinski definition) is 0. The van der Waals surface area contributed by atoms with Crippen molar-refractivity contribution in [3.8, 4) is 0 Å². The minimum atomic E-state index is 1.20. The number of benzene rings is 1. The van der Waals surface area contributed by atoms with Gasteiger partial charge in [-0.15, -0.1) is 0 Å². The maximum Gasteiger partial charge on any atom is -0.0257 e. The van der Waals surface area contributed by atoms with Crippen LogP contribution in [-0.2, 0) is 0 Å². The first kappa shape index (κ1) is 11.8. The summed E-state index contributed by atoms with van der Waals surface area (Å²) < 4.78 is 0. The molecule has 0 N–H and O–H groups in total. The highest BCUT2D eigenvalue weighted by Crippen LogP contribution is 2.02. The van der Waals surface area contributed by atoms with Crippen molar-refractivity contribution in [2.24, 2.45) is 0 Å². The van der Waals surface area contributed by atoms with Crippen LogP contribution in [0.1, 0.15) is 38.2 Å². The highest BCUT2D eigenvalue weighted by Gasteiger charge is 1.81. The summed E-state index contributed by atoms with van der Waals surface area (Å²) in [5.74, 6) is 0. The van der Waals surface area contributed by atoms with E-state index in [1.807, 2.05) is 6.07 Å². The highest BCUT2D eigenvalue weighted by atomic mass is 13.9. The van der Waals surface area contributed by atoms with Gasteiger partial charge in [0.15, 0.2) is 0 Å². The van der Waals surface area contributed by atoms with Gasteiger partial charge in [-0.2, -0.15) is 0 Å². The fraction of sp³-hybridized carbons (Fsp3) is 0.333. The molecule has 0 atom stereocenters. The lowest BCUT2D eigenvalue weighted by atomic mass is 10.2. The summed E-state index contributed by atoms with van der Waals surface area (Å²) >= 11 is 0. The fourth-order valence-electron chi connectivity index (χ4n) is 1.42. The summed E-state index contributed by atoms with van der Waals surface area (Å²) in [5.41, 5.74) is 1.26. The molecular weight excluding hydrogens is 180 g/mol. The van der Waals surface area contributed by atoms with Crippen molar-refractivity contribution in [2.75, 3.05) is 0 Å². The number of hydrogen-bond donors (Lipinski definition) is 0. The molecule has 0 spiro atoms. The predicted molar refractivity (Wildman–Crippen MR) is 68.8 cm³/mol. The van der Waals surface area contributed by atoms with Gasteiger partial charge in [0.05, 0.1) is 0 Å². The van der Waals surface area contributed by atoms with Gasteiger partial charge in [-0.05, 0) is 18.4 Å². The van der Waals surface area contributed by atoms with Crippen molar-refractivity contribution >= 4 is 6.08 Å². The Labute approximate surface area is 93.3 Å². The first-order valence-corrected chi connectivity index (χ1v) is 5.81. The first-order chi connectivity index (χ1) is 7.43. The Morgan fingerprint density at radius 1 is 1.00 bits per heavy atom. The van der Waals surface area contributed by atoms with Crippen LogP contribution in [0, 0.1) is 0 Å². The van der Waals surface area contributed by atoms with Crippen molar-refractivity contribution in [3.05, 3.63) is 54.1 Å². The van der Waals surface area contributed by atoms with E-state index >= 15 is 0 Å². The number of allylic oxidation sites excluding steroid dienone is 3. The zero-order valence-corrected chi connectivity index (χ0v) is 9.52. The molecule has 0 unspecified atom stereocenters. The molecule has 0 aromatic heterocycles. The van der Waals surface area contributed by atoms with Crippen molar-refractivity contribution < 1.29 is 0 Å². The Kier molecular flexibility index (Phi) is 6.31. The van der Waals surface area contributed by atoms with Crippen molar-refractivity contribution in [3.63, 3.8) is 0 Å². The van der Waals surface area contributed by atoms with Crippen LogP contribution in [0.4, 0.5) is 0 Å². The monoisotopic (exact) mass is 200 g/mol. The van der Waals surface area contributed by atoms with E-state index in [1.54, 1.807) is 0 Å². The van der Waals surface area contributed by atoms with E-state index in [2.05, 4.69) is 55.5 Å². The van der Waals surface area contributed by atoms with E-state index in [4.69, 9.17) is 0 Å². The molecule has 1 aromatic rings. The molecule has 0 saturated heterocycles. The molecule has 15 heavy (non-hydrogen) atoms. The number of unbranched alkanes of at least 4 members (excludes halogenated alkanes) is 3. The molecule has 0 aliphatic carbocycles. The van der Waals surface area contributed by atoms with Gasteiger partial charge in [-0.25, -0.2) is 0 Å². The molecule has 0 aliphatic rings. The molecule has 0 heterocycles. The predicted octanol–water partition coefficient (Wildman–Crippen LogP) is 4.84. The minimum Gasteiger partial charge on any atom is -0.0845 e. The van der Waals surface area contributed by atoms with E-state index < -0.39 is 0 Å². The molecule has 0 radical (unpaired) electrons. The van der Waals surface area contributed by atoms with Crippen molar-refractivity contribution in [2.45, 2.75) is 32.6 Å². The smallest absolute Gasteiger partial charge is 0.0257 e. The Bertz CT molecular complexity index is 293. The van der Waals surface area contributed by atoms with Gasteiger partial charge in [0.2, 0.25) is 0 Å². The van der Waals surface area contributed by atoms with Crippen LogP contribution in [0.25, 0.3) is 6.08 Å². The van der Waals surface area contributed by atoms with Gasteiger partial charge in [0, 0.05) is 0 Å². The highest BCUT2D eigenvalue weighted by molar-refractivity contribution is 5.50. The van der Waals surface area contributed by atoms with Gasteiger partial charge in [-0.3, -0.25) is 0 Å². The molecule has 0 fully saturated rings. The van der Waals surface area contributed by atoms with Crippen LogP contribution in [0.15, 0.2) is 48.6 Å². The van der Waals surface area contributed by atoms with E-state index in [-0.39, 0.29) is 0 Å². The third kappa shape index (κ3) is 5.90. The second-order valence-electron chi connectivity index (χ2n) is 3.69. The van der Waals surface area contributed by atoms with Gasteiger partial charge >= 0.3 is 0 Å². The SMILES string of the molecule is CCCCC/C=C/C=C\c1ccccc1. The van der Waals surface area contributed by atoms with Gasteiger partial charge in [0.1, 0.15) is 0 Å². The fourth-order valence-corrected chi connectivity index (χ4v) is 1.42. The molecule has 80 valence electrons. The molecule has 0 saturated carbocycles. The number of rotatable bonds is 6. The zero-order chi connectivity index (χ0) is 10.8. The standard InChI is InChI=1S/C15H20/c1-2-3-4-5-6-7-9-12-15-13-10-8-11-14-15/h6-14H,2-5H2,1H3/b7-6+,12-9-. The Morgan fingerprint density at radius 3 is 2.53 bits per heavy atom. The maximum atomic E-state index is 2.25. The molecular formula is C15H20. The Hall–Kier alpha value is -1.30. The van der Waals surface area contributed by atoms with Gasteiger partial charge < -0.3 is 0 Å². The largest absolute Gasteiger partial charge is 0.0845 e. The van der Waals surface area contributed by atoms with Crippen LogP contribution in [0.3, 0.4) is 0 Å². The summed E-state index contributed by atoms with van der Waals surface area (Å²) in [6, 6.07) is 10.4. The minimum absolute atomic E-state index is 1.20. The van der Waals surface area contributed by atoms with Gasteiger partial charge in [0.25, 0.3) is 0 Å². The molecule has 0 bridgehead atoms. The van der Waals surface area contributed by atoms with Crippen molar-refractivity contribution in [1.82, 2.24) is 0 Å². The van der Waals surface area contributed by atoms with Crippen molar-refractivity contribution in [1.29, 1.82) is 0 Å². The normalized spacial score (nSPS) is 11.5. The lowest BCUT2D eigenvalue weighted by Gasteiger charge is -1.90. The summed E-state index contributed by atoms with van der Waals surface area (Å²) in [5, 5.41) is 0. The van der Waals surface area contributed by atoms with E-state index in [0.29, 0.717) is 0 Å². The van der Waals surface area contributed by atoms with Crippen LogP contribution in [0.2, 0.25) is 0 Å². The average Bonchev–Trinajstić information content (AvgIpc) is 2.29. The second-order valence-corrected chi connectivity index (χ2v) is 3.69. The second kappa shape index (κ2) is 8.05. The molecule has 0 amide bonds. The summed E-state index contributed by atoms with van der Waals surface area (Å²) in [7, 11) is 0. The first-order valence-electron chi connectivity index (χ1n) is 5.81. The van der Waals surface area contributed by atoms with Crippen LogP contribution in [-0.4, -0.2) is 0 Å². The Morgan fingerprint density at radius 2 is 1.80 bits per heavy atom. The van der Waals surface area contributed by atoms with Gasteiger partial charge in [-0.1, -0.05) is 74.4 Å². The molecule has 1 rings (SSSR count). The average molecular weight is 200 g/mol. The van der Waals surface area contributed by atoms with E-state index in [9.17, 15) is 0 Å². The van der Waals surface area contributed by atoms with E-state index in [1.165, 1.54) is 31.2 Å². The van der Waals surface area contributed by atoms with Crippen LogP contribution in [0.5, 0.6) is 0 Å². The lowest BCUT2D eigenvalue weighted by Crippen LogP contribution is -1.70. The summed E-state index contributed by atoms with van der Waals surface area (Å²) in [4.78, 5) is 0. The topological polar surface area (TPSA) is 0 Å². The summed E-state index contributed by atoms with van der Waals surface area (Å²) in [6.45, 7) is 2.24. The molecule has 1 aromatic carbocycles. The Balaban J connectivity index is 2.22. The summed E-state index contributed by atoms with van der Waals surface area (Å²) in [6.07, 6.45) is 13.8. The maximum absolute atomic E-state index is 2.25. The molecule has 0 heteroatoms.